The number of nitrogens with zero attached hydrogens (tertiary/aromatic N) is 2. The summed E-state index contributed by atoms with van der Waals surface area (Å²) < 4.78 is 23.2. The third-order valence-corrected chi connectivity index (χ3v) is 5.49. The van der Waals surface area contributed by atoms with Gasteiger partial charge >= 0.3 is 0 Å². The van der Waals surface area contributed by atoms with E-state index in [1.807, 2.05) is 22.6 Å². The van der Waals surface area contributed by atoms with Crippen LogP contribution in [0.1, 0.15) is 6.42 Å². The number of pyridine rings is 1. The molecule has 0 saturated carbocycles. The monoisotopic (exact) mass is 420 g/mol. The highest BCUT2D eigenvalue weighted by Gasteiger charge is 2.38. The molecule has 1 aromatic heterocycles. The molecule has 1 amide bonds. The van der Waals surface area contributed by atoms with E-state index in [0.717, 1.165) is 3.57 Å². The molecule has 0 spiro atoms. The number of carbonyl (C=O) groups is 1. The van der Waals surface area contributed by atoms with Crippen LogP contribution in [-0.2, 0) is 13.8 Å². The van der Waals surface area contributed by atoms with Crippen LogP contribution in [0.3, 0.4) is 0 Å². The highest BCUT2D eigenvalue weighted by atomic mass is 127. The van der Waals surface area contributed by atoms with Gasteiger partial charge in [-0.2, -0.15) is 0 Å². The zero-order chi connectivity index (χ0) is 13.5. The van der Waals surface area contributed by atoms with E-state index < -0.39 is 14.3 Å². The predicted octanol–water partition coefficient (Wildman–Crippen LogP) is 2.01. The minimum absolute atomic E-state index is 0.0427. The number of rotatable bonds is 2. The van der Waals surface area contributed by atoms with Crippen LogP contribution in [0.15, 0.2) is 12.3 Å². The maximum Gasteiger partial charge on any atom is 0.237 e. The number of carbonyl (C=O) groups excluding carboxylic acids is 1. The first kappa shape index (κ1) is 14.3. The number of halogens is 3. The van der Waals surface area contributed by atoms with Crippen molar-refractivity contribution >= 4 is 65.5 Å². The van der Waals surface area contributed by atoms with E-state index in [4.69, 9.17) is 22.3 Å². The Kier molecular flexibility index (Phi) is 4.05. The Balaban J connectivity index is 2.35. The van der Waals surface area contributed by atoms with Gasteiger partial charge in [-0.1, -0.05) is 11.6 Å². The van der Waals surface area contributed by atoms with E-state index >= 15 is 0 Å². The first-order chi connectivity index (χ1) is 8.29. The fourth-order valence-corrected chi connectivity index (χ4v) is 3.47. The molecule has 1 aromatic rings. The van der Waals surface area contributed by atoms with Crippen molar-refractivity contribution in [1.82, 2.24) is 4.98 Å². The van der Waals surface area contributed by atoms with Crippen molar-refractivity contribution in [3.8, 4) is 0 Å². The summed E-state index contributed by atoms with van der Waals surface area (Å²) in [6.07, 6.45) is 1.41. The molecule has 1 fully saturated rings. The predicted molar refractivity (Wildman–Crippen MR) is 77.5 cm³/mol. The molecule has 0 aromatic carbocycles. The number of hydrogen-bond acceptors (Lipinski definition) is 4. The quantitative estimate of drug-likeness (QED) is 0.417. The van der Waals surface area contributed by atoms with Crippen molar-refractivity contribution in [1.29, 1.82) is 0 Å². The van der Waals surface area contributed by atoms with Gasteiger partial charge < -0.3 is 4.90 Å². The minimum atomic E-state index is -3.74. The Morgan fingerprint density at radius 2 is 2.17 bits per heavy atom. The lowest BCUT2D eigenvalue weighted by Crippen LogP contribution is -2.27. The van der Waals surface area contributed by atoms with E-state index in [1.165, 1.54) is 17.2 Å². The first-order valence-corrected chi connectivity index (χ1v) is 8.67. The molecule has 1 saturated heterocycles. The van der Waals surface area contributed by atoms with E-state index in [1.54, 1.807) is 0 Å². The molecule has 0 aliphatic carbocycles. The Morgan fingerprint density at radius 1 is 1.50 bits per heavy atom. The van der Waals surface area contributed by atoms with E-state index in [2.05, 4.69) is 4.98 Å². The normalized spacial score (nSPS) is 20.5. The summed E-state index contributed by atoms with van der Waals surface area (Å²) in [5.41, 5.74) is 0.559. The smallest absolute Gasteiger partial charge is 0.237 e. The molecule has 1 aliphatic rings. The van der Waals surface area contributed by atoms with Crippen molar-refractivity contribution in [2.45, 2.75) is 11.7 Å². The Hall–Kier alpha value is -0.120. The summed E-state index contributed by atoms with van der Waals surface area (Å²) in [4.78, 5) is 17.1. The van der Waals surface area contributed by atoms with E-state index in [-0.39, 0.29) is 24.0 Å². The standard InChI is InChI=1S/C9H7Cl2IN2O3S/c10-8-2-7(6(12)3-13-8)14-4-5(1-9(14)15)18(11,16)17/h2-3,5H,1,4H2. The Labute approximate surface area is 127 Å². The van der Waals surface area contributed by atoms with Gasteiger partial charge in [0.1, 0.15) is 10.4 Å². The van der Waals surface area contributed by atoms with E-state index in [9.17, 15) is 13.2 Å². The van der Waals surface area contributed by atoms with Gasteiger partial charge in [0.25, 0.3) is 0 Å². The van der Waals surface area contributed by atoms with E-state index in [0.29, 0.717) is 5.69 Å². The molecule has 1 unspecified atom stereocenters. The molecule has 2 heterocycles. The molecule has 2 rings (SSSR count). The van der Waals surface area contributed by atoms with Crippen LogP contribution in [-0.4, -0.2) is 31.1 Å². The lowest BCUT2D eigenvalue weighted by Gasteiger charge is -2.17. The van der Waals surface area contributed by atoms with Gasteiger partial charge in [-0.15, -0.1) is 0 Å². The number of hydrogen-bond donors (Lipinski definition) is 0. The number of amides is 1. The van der Waals surface area contributed by atoms with Crippen molar-refractivity contribution in [3.63, 3.8) is 0 Å². The van der Waals surface area contributed by atoms with Crippen LogP contribution in [0.25, 0.3) is 0 Å². The second-order valence-electron chi connectivity index (χ2n) is 3.76. The minimum Gasteiger partial charge on any atom is -0.310 e. The average molecular weight is 421 g/mol. The third kappa shape index (κ3) is 2.89. The highest BCUT2D eigenvalue weighted by molar-refractivity contribution is 14.1. The topological polar surface area (TPSA) is 67.3 Å². The molecule has 1 aliphatic heterocycles. The van der Waals surface area contributed by atoms with Gasteiger partial charge in [-0.05, 0) is 22.6 Å². The molecule has 5 nitrogen and oxygen atoms in total. The SMILES string of the molecule is O=C1CC(S(=O)(=O)Cl)CN1c1cc(Cl)ncc1I. The van der Waals surface area contributed by atoms with Crippen LogP contribution in [0.2, 0.25) is 5.15 Å². The summed E-state index contributed by atoms with van der Waals surface area (Å²) in [6.45, 7) is 0.0427. The molecule has 0 radical (unpaired) electrons. The van der Waals surface area contributed by atoms with Gasteiger partial charge in [0.2, 0.25) is 15.0 Å². The van der Waals surface area contributed by atoms with Crippen molar-refractivity contribution in [2.75, 3.05) is 11.4 Å². The fraction of sp³-hybridized carbons (Fsp3) is 0.333. The summed E-state index contributed by atoms with van der Waals surface area (Å²) in [5.74, 6) is -0.288. The lowest BCUT2D eigenvalue weighted by atomic mass is 10.3. The third-order valence-electron chi connectivity index (χ3n) is 2.58. The maximum absolute atomic E-state index is 11.8. The maximum atomic E-state index is 11.8. The number of anilines is 1. The van der Waals surface area contributed by atoms with Crippen LogP contribution in [0.4, 0.5) is 5.69 Å². The Bertz CT molecular complexity index is 608. The van der Waals surface area contributed by atoms with Crippen molar-refractivity contribution in [3.05, 3.63) is 21.0 Å². The van der Waals surface area contributed by atoms with Crippen LogP contribution >= 0.6 is 44.9 Å². The molecule has 98 valence electrons. The first-order valence-electron chi connectivity index (χ1n) is 4.84. The van der Waals surface area contributed by atoms with Crippen LogP contribution in [0.5, 0.6) is 0 Å². The van der Waals surface area contributed by atoms with Gasteiger partial charge in [-0.3, -0.25) is 4.79 Å². The average Bonchev–Trinajstić information content (AvgIpc) is 2.64. The molecular weight excluding hydrogens is 414 g/mol. The van der Waals surface area contributed by atoms with Gasteiger partial charge in [0.05, 0.1) is 9.26 Å². The molecular formula is C9H7Cl2IN2O3S. The van der Waals surface area contributed by atoms with Crippen molar-refractivity contribution in [2.24, 2.45) is 0 Å². The summed E-state index contributed by atoms with van der Waals surface area (Å²) in [5, 5.41) is -0.634. The zero-order valence-electron chi connectivity index (χ0n) is 8.81. The van der Waals surface area contributed by atoms with Gasteiger partial charge in [-0.25, -0.2) is 13.4 Å². The second kappa shape index (κ2) is 5.10. The summed E-state index contributed by atoms with van der Waals surface area (Å²) in [6, 6.07) is 1.53. The second-order valence-corrected chi connectivity index (χ2v) is 8.22. The van der Waals surface area contributed by atoms with Gasteiger partial charge in [0.15, 0.2) is 0 Å². The van der Waals surface area contributed by atoms with Crippen LogP contribution < -0.4 is 4.90 Å². The molecule has 0 N–H and O–H groups in total. The molecule has 18 heavy (non-hydrogen) atoms. The van der Waals surface area contributed by atoms with Gasteiger partial charge in [0, 0.05) is 35.9 Å². The van der Waals surface area contributed by atoms with Crippen LogP contribution in [0, 0.1) is 3.57 Å². The zero-order valence-corrected chi connectivity index (χ0v) is 13.3. The van der Waals surface area contributed by atoms with Crippen molar-refractivity contribution < 1.29 is 13.2 Å². The molecule has 0 bridgehead atoms. The highest BCUT2D eigenvalue weighted by Crippen LogP contribution is 2.31. The lowest BCUT2D eigenvalue weighted by molar-refractivity contribution is -0.117. The number of aromatic nitrogens is 1. The Morgan fingerprint density at radius 3 is 2.72 bits per heavy atom. The largest absolute Gasteiger partial charge is 0.310 e. The summed E-state index contributed by atoms with van der Waals surface area (Å²) in [7, 11) is 1.54. The molecule has 1 atom stereocenters. The molecule has 9 heteroatoms. The summed E-state index contributed by atoms with van der Waals surface area (Å²) >= 11 is 7.78. The fourth-order valence-electron chi connectivity index (χ4n) is 1.71.